The van der Waals surface area contributed by atoms with E-state index in [0.29, 0.717) is 20.5 Å². The smallest absolute Gasteiger partial charge is 0.416 e. The highest BCUT2D eigenvalue weighted by Gasteiger charge is 2.39. The Morgan fingerprint density at radius 2 is 1.82 bits per heavy atom. The van der Waals surface area contributed by atoms with Crippen molar-refractivity contribution >= 4 is 69.0 Å². The molecule has 3 aromatic rings. The summed E-state index contributed by atoms with van der Waals surface area (Å²) in [6, 6.07) is 12.7. The van der Waals surface area contributed by atoms with Crippen LogP contribution < -0.4 is 15.6 Å². The lowest BCUT2D eigenvalue weighted by atomic mass is 10.1. The second-order valence-corrected chi connectivity index (χ2v) is 10.6. The number of hydrogen-bond donors (Lipinski definition) is 3. The van der Waals surface area contributed by atoms with Crippen LogP contribution in [-0.2, 0) is 15.8 Å². The molecule has 12 heteroatoms. The molecule has 39 heavy (non-hydrogen) atoms. The van der Waals surface area contributed by atoms with Crippen LogP contribution in [0.4, 0.5) is 30.2 Å². The van der Waals surface area contributed by atoms with Gasteiger partial charge in [-0.05, 0) is 79.1 Å². The third kappa shape index (κ3) is 5.12. The summed E-state index contributed by atoms with van der Waals surface area (Å²) >= 11 is 6.07. The number of carbonyl (C=O) groups is 2. The Balaban J connectivity index is 1.50. The van der Waals surface area contributed by atoms with Crippen molar-refractivity contribution in [1.82, 2.24) is 5.32 Å². The maximum absolute atomic E-state index is 13.5. The Labute approximate surface area is 230 Å². The molecule has 0 unspecified atom stereocenters. The minimum absolute atomic E-state index is 0.0510. The lowest BCUT2D eigenvalue weighted by Gasteiger charge is -2.19. The van der Waals surface area contributed by atoms with Gasteiger partial charge in [-0.1, -0.05) is 36.1 Å². The molecule has 198 valence electrons. The Bertz CT molecular complexity index is 1630. The van der Waals surface area contributed by atoms with Crippen molar-refractivity contribution in [3.05, 3.63) is 87.3 Å². The number of thiocarbonyl (C=S) groups is 1. The summed E-state index contributed by atoms with van der Waals surface area (Å²) in [5, 5.41) is 17.2. The largest absolute Gasteiger partial charge is 0.506 e. The molecule has 0 spiro atoms. The van der Waals surface area contributed by atoms with Gasteiger partial charge in [0.2, 0.25) is 0 Å². The van der Waals surface area contributed by atoms with Crippen LogP contribution in [0.15, 0.2) is 64.6 Å². The molecule has 7 nitrogen and oxygen atoms in total. The molecule has 3 aromatic carbocycles. The first-order valence-corrected chi connectivity index (χ1v) is 12.7. The molecule has 0 radical (unpaired) electrons. The predicted molar refractivity (Wildman–Crippen MR) is 149 cm³/mol. The average molecular weight is 569 g/mol. The van der Waals surface area contributed by atoms with Crippen molar-refractivity contribution < 1.29 is 27.9 Å². The molecule has 0 aliphatic carbocycles. The lowest BCUT2D eigenvalue weighted by Crippen LogP contribution is -2.26. The van der Waals surface area contributed by atoms with E-state index in [1.165, 1.54) is 23.1 Å². The number of carbonyl (C=O) groups excluding carboxylic acids is 2. The van der Waals surface area contributed by atoms with Gasteiger partial charge in [0.1, 0.15) is 10.1 Å². The van der Waals surface area contributed by atoms with E-state index in [-0.39, 0.29) is 34.3 Å². The first-order chi connectivity index (χ1) is 18.4. The molecule has 2 aliphatic rings. The second-order valence-electron chi connectivity index (χ2n) is 8.84. The number of phenols is 1. The van der Waals surface area contributed by atoms with Crippen LogP contribution in [0.1, 0.15) is 27.8 Å². The van der Waals surface area contributed by atoms with Crippen molar-refractivity contribution in [1.29, 1.82) is 0 Å². The molecular formula is C27H19F3N4O3S2. The quantitative estimate of drug-likeness (QED) is 0.155. The van der Waals surface area contributed by atoms with Crippen LogP contribution in [0.5, 0.6) is 5.75 Å². The zero-order chi connectivity index (χ0) is 28.1. The van der Waals surface area contributed by atoms with Crippen LogP contribution in [0, 0.1) is 13.8 Å². The van der Waals surface area contributed by atoms with Crippen LogP contribution in [-0.4, -0.2) is 27.0 Å². The summed E-state index contributed by atoms with van der Waals surface area (Å²) in [6.07, 6.45) is -3.04. The molecule has 0 atom stereocenters. The molecule has 0 aromatic heterocycles. The number of amides is 2. The van der Waals surface area contributed by atoms with E-state index in [4.69, 9.17) is 12.2 Å². The van der Waals surface area contributed by atoms with Crippen molar-refractivity contribution in [2.24, 2.45) is 5.10 Å². The molecule has 0 bridgehead atoms. The number of alkyl halides is 3. The van der Waals surface area contributed by atoms with Crippen LogP contribution in [0.3, 0.4) is 0 Å². The number of nitrogens with zero attached hydrogens (tertiary/aromatic N) is 2. The number of nitrogens with one attached hydrogen (secondary N) is 2. The first-order valence-electron chi connectivity index (χ1n) is 11.5. The van der Waals surface area contributed by atoms with Gasteiger partial charge in [0, 0.05) is 11.3 Å². The van der Waals surface area contributed by atoms with Crippen molar-refractivity contribution in [2.75, 3.05) is 10.3 Å². The average Bonchev–Trinajstić information content (AvgIpc) is 3.33. The van der Waals surface area contributed by atoms with Gasteiger partial charge in [-0.25, -0.2) is 0 Å². The number of aromatic hydroxyl groups is 1. The van der Waals surface area contributed by atoms with Crippen LogP contribution >= 0.6 is 24.0 Å². The highest BCUT2D eigenvalue weighted by atomic mass is 32.2. The van der Waals surface area contributed by atoms with E-state index in [1.807, 2.05) is 13.8 Å². The Morgan fingerprint density at radius 1 is 1.05 bits per heavy atom. The highest BCUT2D eigenvalue weighted by molar-refractivity contribution is 8.26. The summed E-state index contributed by atoms with van der Waals surface area (Å²) < 4.78 is 40.9. The Morgan fingerprint density at radius 3 is 2.46 bits per heavy atom. The molecule has 0 saturated carbocycles. The van der Waals surface area contributed by atoms with Gasteiger partial charge in [-0.3, -0.25) is 19.9 Å². The van der Waals surface area contributed by atoms with Gasteiger partial charge < -0.3 is 10.4 Å². The fraction of sp³-hybridized carbons (Fsp3) is 0.111. The van der Waals surface area contributed by atoms with E-state index >= 15 is 0 Å². The van der Waals surface area contributed by atoms with Crippen LogP contribution in [0.2, 0.25) is 0 Å². The number of hydrogen-bond acceptors (Lipinski definition) is 7. The van der Waals surface area contributed by atoms with Crippen LogP contribution in [0.25, 0.3) is 6.08 Å². The molecule has 2 aliphatic heterocycles. The van der Waals surface area contributed by atoms with E-state index in [1.54, 1.807) is 30.3 Å². The fourth-order valence-electron chi connectivity index (χ4n) is 4.07. The van der Waals surface area contributed by atoms with Gasteiger partial charge in [-0.15, -0.1) is 0 Å². The summed E-state index contributed by atoms with van der Waals surface area (Å²) in [5.74, 6) is -1.18. The van der Waals surface area contributed by atoms with E-state index < -0.39 is 17.6 Å². The minimum atomic E-state index is -4.60. The number of fused-ring (bicyclic) bond motifs is 1. The molecule has 1 saturated heterocycles. The zero-order valence-electron chi connectivity index (χ0n) is 20.4. The van der Waals surface area contributed by atoms with Crippen molar-refractivity contribution in [3.8, 4) is 5.75 Å². The van der Waals surface area contributed by atoms with E-state index in [9.17, 15) is 27.9 Å². The summed E-state index contributed by atoms with van der Waals surface area (Å²) in [6.45, 7) is 3.74. The first kappa shape index (κ1) is 26.4. The number of hydrazone groups is 1. The van der Waals surface area contributed by atoms with Gasteiger partial charge >= 0.3 is 6.18 Å². The highest BCUT2D eigenvalue weighted by Crippen LogP contribution is 2.41. The minimum Gasteiger partial charge on any atom is -0.506 e. The lowest BCUT2D eigenvalue weighted by molar-refractivity contribution is -0.137. The second kappa shape index (κ2) is 9.86. The summed E-state index contributed by atoms with van der Waals surface area (Å²) in [4.78, 5) is 26.9. The number of thioether (sulfide) groups is 1. The molecule has 3 N–H and O–H groups in total. The topological polar surface area (TPSA) is 94.0 Å². The Hall–Kier alpha value is -4.16. The predicted octanol–water partition coefficient (Wildman–Crippen LogP) is 6.01. The number of rotatable bonds is 4. The van der Waals surface area contributed by atoms with Crippen molar-refractivity contribution in [3.63, 3.8) is 0 Å². The third-order valence-corrected chi connectivity index (χ3v) is 7.39. The molecular weight excluding hydrogens is 549 g/mol. The molecule has 2 heterocycles. The summed E-state index contributed by atoms with van der Waals surface area (Å²) in [5.41, 5.74) is 4.80. The number of aryl methyl sites for hydroxylation is 2. The monoisotopic (exact) mass is 568 g/mol. The van der Waals surface area contributed by atoms with Gasteiger partial charge in [0.25, 0.3) is 11.8 Å². The maximum atomic E-state index is 13.5. The molecule has 2 amide bonds. The molecule has 5 rings (SSSR count). The summed E-state index contributed by atoms with van der Waals surface area (Å²) in [7, 11) is 0. The van der Waals surface area contributed by atoms with Crippen molar-refractivity contribution in [2.45, 2.75) is 20.0 Å². The SMILES string of the molecule is Cc1ccc(N2C(=O)/C(=N\Nc3ccc(/C=C4\SC(=S)NC4=O)cc3O)c3ccc(C(F)(F)F)cc32)cc1C. The van der Waals surface area contributed by atoms with Gasteiger partial charge in [-0.2, -0.15) is 18.3 Å². The number of benzene rings is 3. The maximum Gasteiger partial charge on any atom is 0.416 e. The third-order valence-electron chi connectivity index (χ3n) is 6.23. The fourth-order valence-corrected chi connectivity index (χ4v) is 5.12. The zero-order valence-corrected chi connectivity index (χ0v) is 22.0. The normalized spacial score (nSPS) is 17.3. The van der Waals surface area contributed by atoms with E-state index in [0.717, 1.165) is 35.0 Å². The van der Waals surface area contributed by atoms with Gasteiger partial charge in [0.15, 0.2) is 5.71 Å². The van der Waals surface area contributed by atoms with E-state index in [2.05, 4.69) is 15.8 Å². The number of anilines is 3. The number of halogens is 3. The Kier molecular flexibility index (Phi) is 6.69. The molecule has 1 fully saturated rings. The standard InChI is InChI=1S/C27H19F3N4O3S2/c1-13-3-6-17(9-14(13)2)34-20-12-16(27(28,29)30)5-7-18(20)23(25(34)37)33-32-19-8-4-15(10-21(19)35)11-22-24(36)31-26(38)39-22/h3-12,32,35H,1-2H3,(H,31,36,38)/b22-11-,33-23-. The number of phenolic OH excluding ortho intramolecular Hbond substituents is 1. The van der Waals surface area contributed by atoms with Gasteiger partial charge in [0.05, 0.1) is 21.8 Å².